The lowest BCUT2D eigenvalue weighted by Crippen LogP contribution is -2.20. The standard InChI is InChI=1S/C14H11F2NO2/c15-12-7-6-10(8-13(12)16)17-14(18)9-19-11-4-2-1-3-5-11/h1-8H,9H2,(H,17,18). The van der Waals surface area contributed by atoms with Gasteiger partial charge in [0.05, 0.1) is 0 Å². The largest absolute Gasteiger partial charge is 0.484 e. The van der Waals surface area contributed by atoms with Crippen molar-refractivity contribution in [2.75, 3.05) is 11.9 Å². The van der Waals surface area contributed by atoms with E-state index in [4.69, 9.17) is 4.74 Å². The van der Waals surface area contributed by atoms with Crippen LogP contribution in [0.1, 0.15) is 0 Å². The summed E-state index contributed by atoms with van der Waals surface area (Å²) in [6.45, 7) is -0.205. The Kier molecular flexibility index (Phi) is 4.07. The molecule has 0 aromatic heterocycles. The summed E-state index contributed by atoms with van der Waals surface area (Å²) in [5.74, 6) is -1.86. The highest BCUT2D eigenvalue weighted by molar-refractivity contribution is 5.91. The first-order valence-corrected chi connectivity index (χ1v) is 5.58. The normalized spacial score (nSPS) is 10.0. The zero-order valence-corrected chi connectivity index (χ0v) is 9.90. The maximum absolute atomic E-state index is 12.9. The van der Waals surface area contributed by atoms with E-state index < -0.39 is 17.5 Å². The third-order valence-electron chi connectivity index (χ3n) is 2.32. The molecule has 98 valence electrons. The van der Waals surface area contributed by atoms with Gasteiger partial charge in [0.15, 0.2) is 18.2 Å². The van der Waals surface area contributed by atoms with Gasteiger partial charge < -0.3 is 10.1 Å². The van der Waals surface area contributed by atoms with Crippen molar-refractivity contribution in [1.82, 2.24) is 0 Å². The van der Waals surface area contributed by atoms with Gasteiger partial charge in [-0.25, -0.2) is 8.78 Å². The number of anilines is 1. The number of halogens is 2. The Morgan fingerprint density at radius 1 is 1.05 bits per heavy atom. The molecule has 0 saturated heterocycles. The molecule has 2 aromatic rings. The lowest BCUT2D eigenvalue weighted by atomic mass is 10.3. The van der Waals surface area contributed by atoms with Crippen LogP contribution in [0.5, 0.6) is 5.75 Å². The van der Waals surface area contributed by atoms with Gasteiger partial charge >= 0.3 is 0 Å². The molecule has 1 amide bonds. The molecule has 0 unspecified atom stereocenters. The van der Waals surface area contributed by atoms with Crippen LogP contribution in [0.2, 0.25) is 0 Å². The second kappa shape index (κ2) is 5.95. The van der Waals surface area contributed by atoms with Gasteiger partial charge in [0.2, 0.25) is 0 Å². The number of hydrogen-bond donors (Lipinski definition) is 1. The third kappa shape index (κ3) is 3.77. The highest BCUT2D eigenvalue weighted by Gasteiger charge is 2.06. The van der Waals surface area contributed by atoms with Crippen molar-refractivity contribution in [3.63, 3.8) is 0 Å². The molecule has 0 aliphatic heterocycles. The topological polar surface area (TPSA) is 38.3 Å². The van der Waals surface area contributed by atoms with E-state index in [1.165, 1.54) is 6.07 Å². The number of hydrogen-bond acceptors (Lipinski definition) is 2. The number of carbonyl (C=O) groups excluding carboxylic acids is 1. The van der Waals surface area contributed by atoms with Crippen molar-refractivity contribution in [2.45, 2.75) is 0 Å². The van der Waals surface area contributed by atoms with Crippen LogP contribution < -0.4 is 10.1 Å². The molecule has 19 heavy (non-hydrogen) atoms. The van der Waals surface area contributed by atoms with Crippen LogP contribution in [0, 0.1) is 11.6 Å². The predicted octanol–water partition coefficient (Wildman–Crippen LogP) is 2.98. The highest BCUT2D eigenvalue weighted by Crippen LogP contribution is 2.13. The number of carbonyl (C=O) groups is 1. The molecule has 2 aromatic carbocycles. The van der Waals surface area contributed by atoms with Crippen molar-refractivity contribution in [3.8, 4) is 5.75 Å². The smallest absolute Gasteiger partial charge is 0.262 e. The molecule has 1 N–H and O–H groups in total. The van der Waals surface area contributed by atoms with Gasteiger partial charge in [-0.2, -0.15) is 0 Å². The van der Waals surface area contributed by atoms with E-state index in [1.54, 1.807) is 24.3 Å². The van der Waals surface area contributed by atoms with Crippen molar-refractivity contribution < 1.29 is 18.3 Å². The molecule has 0 bridgehead atoms. The van der Waals surface area contributed by atoms with Gasteiger partial charge in [-0.05, 0) is 24.3 Å². The van der Waals surface area contributed by atoms with Gasteiger partial charge in [-0.1, -0.05) is 18.2 Å². The maximum Gasteiger partial charge on any atom is 0.262 e. The van der Waals surface area contributed by atoms with Crippen molar-refractivity contribution in [2.24, 2.45) is 0 Å². The highest BCUT2D eigenvalue weighted by atomic mass is 19.2. The van der Waals surface area contributed by atoms with E-state index in [-0.39, 0.29) is 12.3 Å². The molecule has 0 aliphatic rings. The molecule has 0 heterocycles. The molecule has 0 aliphatic carbocycles. The predicted molar refractivity (Wildman–Crippen MR) is 66.9 cm³/mol. The molecule has 0 spiro atoms. The molecule has 3 nitrogen and oxygen atoms in total. The Balaban J connectivity index is 1.89. The number of rotatable bonds is 4. The molecule has 0 fully saturated rings. The minimum Gasteiger partial charge on any atom is -0.484 e. The minimum atomic E-state index is -1.01. The summed E-state index contributed by atoms with van der Waals surface area (Å²) in [5.41, 5.74) is 0.181. The second-order valence-electron chi connectivity index (χ2n) is 3.78. The summed E-state index contributed by atoms with van der Waals surface area (Å²) in [6, 6.07) is 12.0. The molecular weight excluding hydrogens is 252 g/mol. The Morgan fingerprint density at radius 2 is 1.79 bits per heavy atom. The average molecular weight is 263 g/mol. The fourth-order valence-corrected chi connectivity index (χ4v) is 1.44. The number of ether oxygens (including phenoxy) is 1. The summed E-state index contributed by atoms with van der Waals surface area (Å²) in [4.78, 5) is 11.5. The van der Waals surface area contributed by atoms with Gasteiger partial charge in [-0.3, -0.25) is 4.79 Å². The number of nitrogens with one attached hydrogen (secondary N) is 1. The molecule has 2 rings (SSSR count). The lowest BCUT2D eigenvalue weighted by molar-refractivity contribution is -0.118. The first kappa shape index (κ1) is 13.0. The van der Waals surface area contributed by atoms with E-state index in [9.17, 15) is 13.6 Å². The summed E-state index contributed by atoms with van der Waals surface area (Å²) >= 11 is 0. The zero-order chi connectivity index (χ0) is 13.7. The molecule has 0 radical (unpaired) electrons. The van der Waals surface area contributed by atoms with Crippen LogP contribution in [0.4, 0.5) is 14.5 Å². The fraction of sp³-hybridized carbons (Fsp3) is 0.0714. The van der Waals surface area contributed by atoms with E-state index in [0.29, 0.717) is 5.75 Å². The Hall–Kier alpha value is -2.43. The SMILES string of the molecule is O=C(COc1ccccc1)Nc1ccc(F)c(F)c1. The van der Waals surface area contributed by atoms with Gasteiger partial charge in [-0.15, -0.1) is 0 Å². The third-order valence-corrected chi connectivity index (χ3v) is 2.32. The quantitative estimate of drug-likeness (QED) is 0.920. The zero-order valence-electron chi connectivity index (χ0n) is 9.90. The summed E-state index contributed by atoms with van der Waals surface area (Å²) in [5, 5.41) is 2.41. The molecular formula is C14H11F2NO2. The van der Waals surface area contributed by atoms with Crippen LogP contribution in [-0.4, -0.2) is 12.5 Å². The molecule has 0 atom stereocenters. The van der Waals surface area contributed by atoms with Crippen molar-refractivity contribution in [3.05, 3.63) is 60.2 Å². The van der Waals surface area contributed by atoms with E-state index >= 15 is 0 Å². The number of benzene rings is 2. The summed E-state index contributed by atoms with van der Waals surface area (Å²) < 4.78 is 30.8. The van der Waals surface area contributed by atoms with Crippen LogP contribution in [0.15, 0.2) is 48.5 Å². The van der Waals surface area contributed by atoms with E-state index in [2.05, 4.69) is 5.32 Å². The van der Waals surface area contributed by atoms with E-state index in [0.717, 1.165) is 12.1 Å². The van der Waals surface area contributed by atoms with Crippen LogP contribution in [-0.2, 0) is 4.79 Å². The van der Waals surface area contributed by atoms with Crippen molar-refractivity contribution in [1.29, 1.82) is 0 Å². The Morgan fingerprint density at radius 3 is 2.47 bits per heavy atom. The number of para-hydroxylation sites is 1. The van der Waals surface area contributed by atoms with Gasteiger partial charge in [0, 0.05) is 11.8 Å². The Bertz CT molecular complexity index is 573. The fourth-order valence-electron chi connectivity index (χ4n) is 1.44. The lowest BCUT2D eigenvalue weighted by Gasteiger charge is -2.07. The minimum absolute atomic E-state index is 0.181. The maximum atomic E-state index is 12.9. The Labute approximate surface area is 108 Å². The molecule has 5 heteroatoms. The number of amides is 1. The van der Waals surface area contributed by atoms with Crippen LogP contribution in [0.25, 0.3) is 0 Å². The van der Waals surface area contributed by atoms with Gasteiger partial charge in [0.25, 0.3) is 5.91 Å². The van der Waals surface area contributed by atoms with E-state index in [1.807, 2.05) is 6.07 Å². The van der Waals surface area contributed by atoms with Crippen LogP contribution in [0.3, 0.4) is 0 Å². The van der Waals surface area contributed by atoms with Gasteiger partial charge in [0.1, 0.15) is 5.75 Å². The summed E-state index contributed by atoms with van der Waals surface area (Å²) in [7, 11) is 0. The first-order chi connectivity index (χ1) is 9.15. The van der Waals surface area contributed by atoms with Crippen LogP contribution >= 0.6 is 0 Å². The molecule has 0 saturated carbocycles. The van der Waals surface area contributed by atoms with Crippen molar-refractivity contribution >= 4 is 11.6 Å². The second-order valence-corrected chi connectivity index (χ2v) is 3.78. The summed E-state index contributed by atoms with van der Waals surface area (Å²) in [6.07, 6.45) is 0. The first-order valence-electron chi connectivity index (χ1n) is 5.58. The average Bonchev–Trinajstić information content (AvgIpc) is 2.42. The monoisotopic (exact) mass is 263 g/mol.